The van der Waals surface area contributed by atoms with E-state index in [1.54, 1.807) is 0 Å². The number of azide groups is 1. The fourth-order valence-electron chi connectivity index (χ4n) is 0.759. The summed E-state index contributed by atoms with van der Waals surface area (Å²) >= 11 is 0. The Morgan fingerprint density at radius 3 is 2.80 bits per heavy atom. The van der Waals surface area contributed by atoms with Gasteiger partial charge >= 0.3 is 0 Å². The molecule has 0 aromatic carbocycles. The van der Waals surface area contributed by atoms with Crippen LogP contribution in [-0.2, 0) is 0 Å². The summed E-state index contributed by atoms with van der Waals surface area (Å²) < 4.78 is 0. The van der Waals surface area contributed by atoms with Gasteiger partial charge in [0, 0.05) is 11.5 Å². The van der Waals surface area contributed by atoms with E-state index in [0.717, 1.165) is 12.3 Å². The number of hydrogen-bond donors (Lipinski definition) is 0. The average molecular weight is 141 g/mol. The molecule has 0 aromatic heterocycles. The van der Waals surface area contributed by atoms with Gasteiger partial charge in [-0.05, 0) is 17.9 Å². The quantitative estimate of drug-likeness (QED) is 0.244. The summed E-state index contributed by atoms with van der Waals surface area (Å²) in [5.74, 6) is 0.772. The van der Waals surface area contributed by atoms with E-state index in [9.17, 15) is 0 Å². The molecule has 0 radical (unpaired) electrons. The standard InChI is InChI=1S/C7H15N3/c1-3-7(2)5-4-6-9-10-8/h7H,3-6H2,1-2H3/t7-/m1/s1. The minimum atomic E-state index is 0.654. The van der Waals surface area contributed by atoms with Gasteiger partial charge in [0.15, 0.2) is 0 Å². The van der Waals surface area contributed by atoms with Gasteiger partial charge in [-0.1, -0.05) is 31.8 Å². The van der Waals surface area contributed by atoms with Crippen LogP contribution in [0.1, 0.15) is 33.1 Å². The van der Waals surface area contributed by atoms with E-state index in [1.165, 1.54) is 12.8 Å². The molecule has 3 heteroatoms. The van der Waals surface area contributed by atoms with Gasteiger partial charge in [0.2, 0.25) is 0 Å². The van der Waals surface area contributed by atoms with Gasteiger partial charge in [-0.3, -0.25) is 0 Å². The molecule has 0 saturated carbocycles. The first-order valence-electron chi connectivity index (χ1n) is 3.82. The summed E-state index contributed by atoms with van der Waals surface area (Å²) in [4.78, 5) is 2.68. The Labute approximate surface area is 62.1 Å². The molecule has 3 nitrogen and oxygen atoms in total. The molecular weight excluding hydrogens is 126 g/mol. The Hall–Kier alpha value is -0.690. The van der Waals surface area contributed by atoms with Crippen LogP contribution in [0.4, 0.5) is 0 Å². The van der Waals surface area contributed by atoms with Crippen LogP contribution in [0.5, 0.6) is 0 Å². The van der Waals surface area contributed by atoms with Crippen LogP contribution >= 0.6 is 0 Å². The van der Waals surface area contributed by atoms with Crippen molar-refractivity contribution in [1.82, 2.24) is 0 Å². The summed E-state index contributed by atoms with van der Waals surface area (Å²) in [7, 11) is 0. The van der Waals surface area contributed by atoms with Crippen LogP contribution in [0.2, 0.25) is 0 Å². The van der Waals surface area contributed by atoms with Crippen LogP contribution in [-0.4, -0.2) is 6.54 Å². The van der Waals surface area contributed by atoms with Crippen molar-refractivity contribution >= 4 is 0 Å². The summed E-state index contributed by atoms with van der Waals surface area (Å²) in [5, 5.41) is 3.46. The van der Waals surface area contributed by atoms with Crippen LogP contribution in [0.3, 0.4) is 0 Å². The Bertz CT molecular complexity index is 116. The molecule has 0 amide bonds. The number of hydrogen-bond acceptors (Lipinski definition) is 1. The molecule has 10 heavy (non-hydrogen) atoms. The summed E-state index contributed by atoms with van der Waals surface area (Å²) in [6.07, 6.45) is 3.42. The predicted molar refractivity (Wildman–Crippen MR) is 42.7 cm³/mol. The van der Waals surface area contributed by atoms with Crippen molar-refractivity contribution in [3.8, 4) is 0 Å². The highest BCUT2D eigenvalue weighted by atomic mass is 15.1. The molecule has 0 aliphatic carbocycles. The molecule has 0 N–H and O–H groups in total. The summed E-state index contributed by atoms with van der Waals surface area (Å²) in [5.41, 5.74) is 7.95. The molecule has 58 valence electrons. The van der Waals surface area contributed by atoms with Gasteiger partial charge < -0.3 is 0 Å². The maximum atomic E-state index is 7.95. The molecular formula is C7H15N3. The maximum Gasteiger partial charge on any atom is 0.0258 e. The van der Waals surface area contributed by atoms with Gasteiger partial charge in [0.05, 0.1) is 0 Å². The molecule has 0 saturated heterocycles. The molecule has 0 spiro atoms. The molecule has 0 aliphatic heterocycles. The van der Waals surface area contributed by atoms with Gasteiger partial charge in [-0.15, -0.1) is 0 Å². The van der Waals surface area contributed by atoms with Crippen LogP contribution in [0.15, 0.2) is 5.11 Å². The molecule has 1 atom stereocenters. The SMILES string of the molecule is CC[C@@H](C)CCCN=[N+]=[N-]. The first-order valence-corrected chi connectivity index (χ1v) is 3.82. The van der Waals surface area contributed by atoms with Crippen LogP contribution in [0.25, 0.3) is 10.4 Å². The zero-order valence-corrected chi connectivity index (χ0v) is 6.75. The molecule has 0 unspecified atom stereocenters. The molecule has 0 rings (SSSR count). The Morgan fingerprint density at radius 1 is 1.60 bits per heavy atom. The van der Waals surface area contributed by atoms with E-state index >= 15 is 0 Å². The highest BCUT2D eigenvalue weighted by molar-refractivity contribution is 4.52. The molecule has 0 heterocycles. The molecule has 0 aromatic rings. The van der Waals surface area contributed by atoms with Crippen molar-refractivity contribution in [3.63, 3.8) is 0 Å². The number of rotatable bonds is 5. The van der Waals surface area contributed by atoms with Crippen molar-refractivity contribution in [3.05, 3.63) is 10.4 Å². The molecule has 0 bridgehead atoms. The predicted octanol–water partition coefficient (Wildman–Crippen LogP) is 3.12. The van der Waals surface area contributed by atoms with E-state index in [0.29, 0.717) is 6.54 Å². The van der Waals surface area contributed by atoms with Crippen molar-refractivity contribution in [2.75, 3.05) is 6.54 Å². The van der Waals surface area contributed by atoms with E-state index < -0.39 is 0 Å². The van der Waals surface area contributed by atoms with E-state index in [-0.39, 0.29) is 0 Å². The second kappa shape index (κ2) is 6.43. The zero-order chi connectivity index (χ0) is 7.82. The third-order valence-electron chi connectivity index (χ3n) is 1.72. The average Bonchev–Trinajstić information content (AvgIpc) is 1.98. The first kappa shape index (κ1) is 9.31. The Morgan fingerprint density at radius 2 is 2.30 bits per heavy atom. The highest BCUT2D eigenvalue weighted by Crippen LogP contribution is 2.08. The van der Waals surface area contributed by atoms with Gasteiger partial charge in [-0.2, -0.15) is 0 Å². The van der Waals surface area contributed by atoms with Crippen LogP contribution in [0, 0.1) is 5.92 Å². The highest BCUT2D eigenvalue weighted by Gasteiger charge is 1.95. The van der Waals surface area contributed by atoms with Crippen molar-refractivity contribution in [1.29, 1.82) is 0 Å². The normalized spacial score (nSPS) is 12.2. The fourth-order valence-corrected chi connectivity index (χ4v) is 0.759. The van der Waals surface area contributed by atoms with E-state index in [1.807, 2.05) is 0 Å². The number of nitrogens with zero attached hydrogens (tertiary/aromatic N) is 3. The van der Waals surface area contributed by atoms with Gasteiger partial charge in [-0.25, -0.2) is 0 Å². The largest absolute Gasteiger partial charge is 0.0940 e. The molecule has 0 aliphatic rings. The van der Waals surface area contributed by atoms with Crippen molar-refractivity contribution in [2.24, 2.45) is 11.0 Å². The third kappa shape index (κ3) is 5.45. The lowest BCUT2D eigenvalue weighted by Crippen LogP contribution is -1.92. The monoisotopic (exact) mass is 141 g/mol. The lowest BCUT2D eigenvalue weighted by atomic mass is 10.0. The second-order valence-corrected chi connectivity index (χ2v) is 2.61. The zero-order valence-electron chi connectivity index (χ0n) is 6.75. The summed E-state index contributed by atoms with van der Waals surface area (Å²) in [6.45, 7) is 5.05. The minimum Gasteiger partial charge on any atom is -0.0940 e. The maximum absolute atomic E-state index is 7.95. The Kier molecular flexibility index (Phi) is 5.99. The molecule has 0 fully saturated rings. The van der Waals surface area contributed by atoms with E-state index in [4.69, 9.17) is 5.53 Å². The minimum absolute atomic E-state index is 0.654. The second-order valence-electron chi connectivity index (χ2n) is 2.61. The lowest BCUT2D eigenvalue weighted by molar-refractivity contribution is 0.499. The lowest BCUT2D eigenvalue weighted by Gasteiger charge is -2.04. The Balaban J connectivity index is 3.10. The topological polar surface area (TPSA) is 48.8 Å². The third-order valence-corrected chi connectivity index (χ3v) is 1.72. The van der Waals surface area contributed by atoms with Crippen LogP contribution < -0.4 is 0 Å². The van der Waals surface area contributed by atoms with Crippen molar-refractivity contribution < 1.29 is 0 Å². The van der Waals surface area contributed by atoms with Crippen molar-refractivity contribution in [2.45, 2.75) is 33.1 Å². The first-order chi connectivity index (χ1) is 4.81. The van der Waals surface area contributed by atoms with E-state index in [2.05, 4.69) is 23.9 Å². The smallest absolute Gasteiger partial charge is 0.0258 e. The van der Waals surface area contributed by atoms with Gasteiger partial charge in [0.25, 0.3) is 0 Å². The van der Waals surface area contributed by atoms with Gasteiger partial charge in [0.1, 0.15) is 0 Å². The summed E-state index contributed by atoms with van der Waals surface area (Å²) in [6, 6.07) is 0. The fraction of sp³-hybridized carbons (Fsp3) is 1.00.